The van der Waals surface area contributed by atoms with Crippen LogP contribution in [0.4, 0.5) is 0 Å². The molecule has 0 aliphatic carbocycles. The van der Waals surface area contributed by atoms with Crippen LogP contribution >= 0.6 is 0 Å². The van der Waals surface area contributed by atoms with E-state index in [0.29, 0.717) is 13.0 Å². The number of rotatable bonds is 6. The van der Waals surface area contributed by atoms with Crippen molar-refractivity contribution in [1.29, 1.82) is 5.26 Å². The van der Waals surface area contributed by atoms with Gasteiger partial charge in [0.1, 0.15) is 0 Å². The molecule has 0 saturated heterocycles. The third-order valence-corrected chi connectivity index (χ3v) is 4.80. The molecule has 0 fully saturated rings. The van der Waals surface area contributed by atoms with E-state index in [2.05, 4.69) is 11.4 Å². The van der Waals surface area contributed by atoms with Crippen molar-refractivity contribution in [1.82, 2.24) is 5.32 Å². The molecule has 0 saturated carbocycles. The van der Waals surface area contributed by atoms with Gasteiger partial charge in [0.15, 0.2) is 9.84 Å². The molecule has 0 aromatic carbocycles. The van der Waals surface area contributed by atoms with Crippen molar-refractivity contribution in [2.45, 2.75) is 44.4 Å². The van der Waals surface area contributed by atoms with E-state index in [4.69, 9.17) is 5.26 Å². The summed E-state index contributed by atoms with van der Waals surface area (Å²) >= 11 is 0. The number of nitrogens with one attached hydrogen (secondary N) is 1. The molecule has 0 aliphatic heterocycles. The predicted octanol–water partition coefficient (Wildman–Crippen LogP) is 1.09. The summed E-state index contributed by atoms with van der Waals surface area (Å²) < 4.78 is 22.0. The molecule has 0 bridgehead atoms. The van der Waals surface area contributed by atoms with E-state index in [1.165, 1.54) is 6.26 Å². The maximum atomic E-state index is 11.4. The summed E-state index contributed by atoms with van der Waals surface area (Å²) in [6, 6.07) is 2.16. The largest absolute Gasteiger partial charge is 0.311 e. The first-order valence-electron chi connectivity index (χ1n) is 5.04. The van der Waals surface area contributed by atoms with Gasteiger partial charge in [-0.3, -0.25) is 0 Å². The van der Waals surface area contributed by atoms with Crippen LogP contribution in [-0.4, -0.2) is 32.0 Å². The minimum Gasteiger partial charge on any atom is -0.311 e. The summed E-state index contributed by atoms with van der Waals surface area (Å²) in [5.74, 6) is 0. The number of hydrogen-bond acceptors (Lipinski definition) is 4. The van der Waals surface area contributed by atoms with Crippen molar-refractivity contribution in [3.05, 3.63) is 0 Å². The highest BCUT2D eigenvalue weighted by atomic mass is 32.2. The van der Waals surface area contributed by atoms with Crippen molar-refractivity contribution in [3.8, 4) is 6.07 Å². The Balaban J connectivity index is 4.32. The van der Waals surface area contributed by atoms with Gasteiger partial charge in [0.05, 0.1) is 17.2 Å². The Bertz CT molecular complexity index is 328. The van der Waals surface area contributed by atoms with E-state index < -0.39 is 14.6 Å². The molecule has 0 rings (SSSR count). The molecule has 0 radical (unpaired) electrons. The summed E-state index contributed by atoms with van der Waals surface area (Å²) in [6.45, 7) is 5.73. The van der Waals surface area contributed by atoms with E-state index >= 15 is 0 Å². The highest BCUT2D eigenvalue weighted by Gasteiger charge is 2.30. The number of nitriles is 1. The lowest BCUT2D eigenvalue weighted by molar-refractivity contribution is 0.457. The van der Waals surface area contributed by atoms with Gasteiger partial charge >= 0.3 is 0 Å². The van der Waals surface area contributed by atoms with Crippen LogP contribution in [-0.2, 0) is 9.84 Å². The highest BCUT2D eigenvalue weighted by molar-refractivity contribution is 7.92. The molecule has 1 atom stereocenters. The van der Waals surface area contributed by atoms with E-state index in [0.717, 1.165) is 6.42 Å². The molecule has 88 valence electrons. The minimum absolute atomic E-state index is 0.0797. The molecule has 1 N–H and O–H groups in total. The molecular weight excluding hydrogens is 212 g/mol. The molecule has 5 heteroatoms. The summed E-state index contributed by atoms with van der Waals surface area (Å²) in [5.41, 5.74) is 0. The fourth-order valence-corrected chi connectivity index (χ4v) is 1.34. The molecule has 0 aliphatic rings. The maximum Gasteiger partial charge on any atom is 0.153 e. The van der Waals surface area contributed by atoms with Crippen LogP contribution in [0.1, 0.15) is 33.6 Å². The summed E-state index contributed by atoms with van der Waals surface area (Å²) in [6.07, 6.45) is 2.48. The average molecular weight is 232 g/mol. The van der Waals surface area contributed by atoms with E-state index in [-0.39, 0.29) is 6.04 Å². The molecular formula is C10H20N2O2S. The first-order valence-corrected chi connectivity index (χ1v) is 6.93. The molecule has 4 nitrogen and oxygen atoms in total. The molecule has 1 unspecified atom stereocenters. The third-order valence-electron chi connectivity index (χ3n) is 2.65. The van der Waals surface area contributed by atoms with Crippen LogP contribution in [0.5, 0.6) is 0 Å². The van der Waals surface area contributed by atoms with Gasteiger partial charge < -0.3 is 5.32 Å². The summed E-state index contributed by atoms with van der Waals surface area (Å²) in [5, 5.41) is 11.7. The molecule has 15 heavy (non-hydrogen) atoms. The maximum absolute atomic E-state index is 11.4. The van der Waals surface area contributed by atoms with Gasteiger partial charge in [-0.05, 0) is 20.3 Å². The Morgan fingerprint density at radius 1 is 1.47 bits per heavy atom. The lowest BCUT2D eigenvalue weighted by atomic mass is 10.1. The zero-order chi connectivity index (χ0) is 12.1. The van der Waals surface area contributed by atoms with Gasteiger partial charge in [-0.25, -0.2) is 8.42 Å². The Morgan fingerprint density at radius 3 is 2.33 bits per heavy atom. The van der Waals surface area contributed by atoms with E-state index in [1.807, 2.05) is 6.92 Å². The fraction of sp³-hybridized carbons (Fsp3) is 0.900. The van der Waals surface area contributed by atoms with Gasteiger partial charge in [0, 0.05) is 18.8 Å². The fourth-order valence-electron chi connectivity index (χ4n) is 0.992. The van der Waals surface area contributed by atoms with Crippen LogP contribution < -0.4 is 5.32 Å². The first-order chi connectivity index (χ1) is 6.74. The van der Waals surface area contributed by atoms with Crippen molar-refractivity contribution in [3.63, 3.8) is 0 Å². The van der Waals surface area contributed by atoms with E-state index in [9.17, 15) is 8.42 Å². The van der Waals surface area contributed by atoms with Crippen molar-refractivity contribution >= 4 is 9.84 Å². The van der Waals surface area contributed by atoms with Gasteiger partial charge in [-0.1, -0.05) is 6.92 Å². The van der Waals surface area contributed by atoms with Gasteiger partial charge in [-0.15, -0.1) is 0 Å². The first kappa shape index (κ1) is 14.4. The number of hydrogen-bond donors (Lipinski definition) is 1. The van der Waals surface area contributed by atoms with Crippen molar-refractivity contribution < 1.29 is 8.42 Å². The van der Waals surface area contributed by atoms with Crippen molar-refractivity contribution in [2.75, 3.05) is 12.8 Å². The normalized spacial score (nSPS) is 14.6. The Hall–Kier alpha value is -0.600. The van der Waals surface area contributed by atoms with Crippen molar-refractivity contribution in [2.24, 2.45) is 0 Å². The lowest BCUT2D eigenvalue weighted by Crippen LogP contribution is -2.45. The standard InChI is InChI=1S/C10H20N2O2S/c1-5-9(6-7-11)12-8-10(2,3)15(4,13)14/h9,12H,5-6,8H2,1-4H3. The average Bonchev–Trinajstić information content (AvgIpc) is 2.10. The van der Waals surface area contributed by atoms with E-state index in [1.54, 1.807) is 13.8 Å². The molecule has 0 heterocycles. The quantitative estimate of drug-likeness (QED) is 0.744. The monoisotopic (exact) mass is 232 g/mol. The predicted molar refractivity (Wildman–Crippen MR) is 61.2 cm³/mol. The summed E-state index contributed by atoms with van der Waals surface area (Å²) in [7, 11) is -3.07. The number of sulfone groups is 1. The Labute approximate surface area is 92.6 Å². The van der Waals surface area contributed by atoms with Gasteiger partial charge in [0.25, 0.3) is 0 Å². The Kier molecular flexibility index (Phi) is 5.26. The second kappa shape index (κ2) is 5.47. The SMILES string of the molecule is CCC(CC#N)NCC(C)(C)S(C)(=O)=O. The number of nitrogens with zero attached hydrogens (tertiary/aromatic N) is 1. The summed E-state index contributed by atoms with van der Waals surface area (Å²) in [4.78, 5) is 0. The van der Waals surface area contributed by atoms with Crippen LogP contribution in [0.3, 0.4) is 0 Å². The lowest BCUT2D eigenvalue weighted by Gasteiger charge is -2.25. The zero-order valence-corrected chi connectivity index (χ0v) is 10.7. The zero-order valence-electron chi connectivity index (χ0n) is 9.87. The minimum atomic E-state index is -3.07. The van der Waals surface area contributed by atoms with Crippen LogP contribution in [0.25, 0.3) is 0 Å². The van der Waals surface area contributed by atoms with Crippen LogP contribution in [0.2, 0.25) is 0 Å². The third kappa shape index (κ3) is 4.63. The highest BCUT2D eigenvalue weighted by Crippen LogP contribution is 2.14. The smallest absolute Gasteiger partial charge is 0.153 e. The molecule has 0 aromatic heterocycles. The topological polar surface area (TPSA) is 70.0 Å². The van der Waals surface area contributed by atoms with Crippen LogP contribution in [0.15, 0.2) is 0 Å². The second-order valence-electron chi connectivity index (χ2n) is 4.38. The molecule has 0 amide bonds. The van der Waals surface area contributed by atoms with Gasteiger partial charge in [0.2, 0.25) is 0 Å². The Morgan fingerprint density at radius 2 is 2.00 bits per heavy atom. The second-order valence-corrected chi connectivity index (χ2v) is 7.03. The van der Waals surface area contributed by atoms with Gasteiger partial charge in [-0.2, -0.15) is 5.26 Å². The molecule has 0 aromatic rings. The molecule has 0 spiro atoms. The van der Waals surface area contributed by atoms with Crippen LogP contribution in [0, 0.1) is 11.3 Å².